The number of nitrogens with zero attached hydrogens (tertiary/aromatic N) is 1. The summed E-state index contributed by atoms with van der Waals surface area (Å²) in [7, 11) is 0. The highest BCUT2D eigenvalue weighted by atomic mass is 16.3. The number of benzene rings is 1. The number of likely N-dealkylation sites (tertiary alicyclic amines) is 1. The summed E-state index contributed by atoms with van der Waals surface area (Å²) in [5, 5.41) is 20.4. The van der Waals surface area contributed by atoms with Crippen molar-refractivity contribution in [1.82, 2.24) is 4.90 Å². The third-order valence-corrected chi connectivity index (χ3v) is 4.39. The van der Waals surface area contributed by atoms with E-state index in [1.54, 1.807) is 11.0 Å². The summed E-state index contributed by atoms with van der Waals surface area (Å²) in [6.07, 6.45) is 1.62. The summed E-state index contributed by atoms with van der Waals surface area (Å²) in [6, 6.07) is 7.35. The van der Waals surface area contributed by atoms with Crippen molar-refractivity contribution < 1.29 is 19.4 Å². The number of hydrogen-bond donors (Lipinski definition) is 2. The van der Waals surface area contributed by atoms with E-state index in [0.29, 0.717) is 37.9 Å². The third kappa shape index (κ3) is 2.87. The van der Waals surface area contributed by atoms with Crippen LogP contribution in [0.5, 0.6) is 0 Å². The van der Waals surface area contributed by atoms with Gasteiger partial charge in [0.05, 0.1) is 12.2 Å². The first-order chi connectivity index (χ1) is 10.5. The molecule has 1 amide bonds. The molecule has 3 rings (SSSR count). The van der Waals surface area contributed by atoms with Crippen LogP contribution < -0.4 is 0 Å². The maximum Gasteiger partial charge on any atom is 0.253 e. The van der Waals surface area contributed by atoms with Crippen LogP contribution >= 0.6 is 0 Å². The van der Waals surface area contributed by atoms with Crippen molar-refractivity contribution in [3.05, 3.63) is 35.6 Å². The lowest BCUT2D eigenvalue weighted by molar-refractivity contribution is -0.0250. The van der Waals surface area contributed by atoms with Gasteiger partial charge in [0.1, 0.15) is 11.3 Å². The predicted molar refractivity (Wildman–Crippen MR) is 82.7 cm³/mol. The fourth-order valence-electron chi connectivity index (χ4n) is 3.03. The van der Waals surface area contributed by atoms with Crippen LogP contribution in [0.2, 0.25) is 0 Å². The Morgan fingerprint density at radius 3 is 2.91 bits per heavy atom. The van der Waals surface area contributed by atoms with Gasteiger partial charge in [-0.2, -0.15) is 0 Å². The van der Waals surface area contributed by atoms with Crippen molar-refractivity contribution in [1.29, 1.82) is 0 Å². The van der Waals surface area contributed by atoms with Crippen molar-refractivity contribution in [3.8, 4) is 0 Å². The van der Waals surface area contributed by atoms with Crippen LogP contribution in [0, 0.1) is 6.92 Å². The second kappa shape index (κ2) is 5.74. The van der Waals surface area contributed by atoms with Gasteiger partial charge in [0, 0.05) is 24.0 Å². The summed E-state index contributed by atoms with van der Waals surface area (Å²) >= 11 is 0. The molecule has 1 unspecified atom stereocenters. The first kappa shape index (κ1) is 15.1. The molecule has 1 aliphatic rings. The molecule has 5 heteroatoms. The molecule has 0 saturated carbocycles. The highest BCUT2D eigenvalue weighted by molar-refractivity contribution is 5.97. The number of fused-ring (bicyclic) bond motifs is 1. The Morgan fingerprint density at radius 1 is 1.32 bits per heavy atom. The molecule has 0 spiro atoms. The second-order valence-corrected chi connectivity index (χ2v) is 6.14. The van der Waals surface area contributed by atoms with E-state index in [-0.39, 0.29) is 12.5 Å². The highest BCUT2D eigenvalue weighted by Gasteiger charge is 2.31. The molecule has 2 N–H and O–H groups in total. The van der Waals surface area contributed by atoms with Gasteiger partial charge in [-0.15, -0.1) is 0 Å². The van der Waals surface area contributed by atoms with E-state index in [1.807, 2.05) is 25.1 Å². The topological polar surface area (TPSA) is 73.9 Å². The zero-order valence-electron chi connectivity index (χ0n) is 12.7. The number of carbonyl (C=O) groups is 1. The summed E-state index contributed by atoms with van der Waals surface area (Å²) < 4.78 is 5.52. The molecular weight excluding hydrogens is 282 g/mol. The van der Waals surface area contributed by atoms with Gasteiger partial charge in [-0.3, -0.25) is 4.79 Å². The molecule has 1 aromatic heterocycles. The van der Waals surface area contributed by atoms with Gasteiger partial charge in [0.2, 0.25) is 0 Å². The molecular formula is C17H21NO4. The van der Waals surface area contributed by atoms with Crippen molar-refractivity contribution >= 4 is 16.9 Å². The van der Waals surface area contributed by atoms with Gasteiger partial charge in [-0.25, -0.2) is 0 Å². The lowest BCUT2D eigenvalue weighted by atomic mass is 9.96. The molecule has 2 heterocycles. The zero-order chi connectivity index (χ0) is 15.7. The Kier molecular flexibility index (Phi) is 3.93. The number of furan rings is 1. The van der Waals surface area contributed by atoms with E-state index in [2.05, 4.69) is 0 Å². The lowest BCUT2D eigenvalue weighted by Crippen LogP contribution is -2.36. The quantitative estimate of drug-likeness (QED) is 0.891. The molecule has 0 aliphatic carbocycles. The van der Waals surface area contributed by atoms with Gasteiger partial charge >= 0.3 is 0 Å². The zero-order valence-corrected chi connectivity index (χ0v) is 12.7. The largest absolute Gasteiger partial charge is 0.461 e. The molecule has 1 saturated heterocycles. The molecule has 0 radical (unpaired) electrons. The summed E-state index contributed by atoms with van der Waals surface area (Å²) in [6.45, 7) is 2.68. The van der Waals surface area contributed by atoms with Crippen LogP contribution in [0.1, 0.15) is 35.4 Å². The smallest absolute Gasteiger partial charge is 0.253 e. The fraction of sp³-hybridized carbons (Fsp3) is 0.471. The van der Waals surface area contributed by atoms with Crippen LogP contribution in [0.25, 0.3) is 11.0 Å². The monoisotopic (exact) mass is 303 g/mol. The predicted octanol–water partition coefficient (Wildman–Crippen LogP) is 2.09. The van der Waals surface area contributed by atoms with Gasteiger partial charge < -0.3 is 19.5 Å². The van der Waals surface area contributed by atoms with Crippen molar-refractivity contribution in [2.75, 3.05) is 19.7 Å². The summed E-state index contributed by atoms with van der Waals surface area (Å²) in [5.74, 6) is 0.783. The molecule has 2 aromatic rings. The van der Waals surface area contributed by atoms with Crippen molar-refractivity contribution in [3.63, 3.8) is 0 Å². The van der Waals surface area contributed by atoms with Crippen molar-refractivity contribution in [2.45, 2.75) is 31.8 Å². The van der Waals surface area contributed by atoms with E-state index in [1.165, 1.54) is 0 Å². The number of aliphatic hydroxyl groups excluding tert-OH is 1. The summed E-state index contributed by atoms with van der Waals surface area (Å²) in [4.78, 5) is 14.4. The number of hydrogen-bond acceptors (Lipinski definition) is 4. The Morgan fingerprint density at radius 2 is 2.14 bits per heavy atom. The first-order valence-electron chi connectivity index (χ1n) is 7.63. The number of aliphatic hydroxyl groups is 2. The van der Waals surface area contributed by atoms with E-state index in [0.717, 1.165) is 16.7 Å². The van der Waals surface area contributed by atoms with Crippen LogP contribution in [-0.2, 0) is 0 Å². The molecule has 1 atom stereocenters. The minimum absolute atomic E-state index is 0.0389. The number of aryl methyl sites for hydroxylation is 1. The number of carbonyl (C=O) groups excluding carboxylic acids is 1. The average molecular weight is 303 g/mol. The molecule has 118 valence electrons. The third-order valence-electron chi connectivity index (χ3n) is 4.39. The Hall–Kier alpha value is -1.85. The SMILES string of the molecule is Cc1cc2cc(C(=O)N3CCCC(O)(CO)CC3)ccc2o1. The lowest BCUT2D eigenvalue weighted by Gasteiger charge is -2.24. The molecule has 22 heavy (non-hydrogen) atoms. The number of amides is 1. The van der Waals surface area contributed by atoms with Gasteiger partial charge in [-0.05, 0) is 50.5 Å². The molecule has 0 bridgehead atoms. The molecule has 1 aliphatic heterocycles. The van der Waals surface area contributed by atoms with E-state index >= 15 is 0 Å². The normalized spacial score (nSPS) is 22.8. The van der Waals surface area contributed by atoms with E-state index < -0.39 is 5.60 Å². The van der Waals surface area contributed by atoms with Crippen LogP contribution in [-0.4, -0.2) is 46.3 Å². The standard InChI is InChI=1S/C17H21NO4/c1-12-9-14-10-13(3-4-15(14)22-12)16(20)18-7-2-5-17(21,11-19)6-8-18/h3-4,9-10,19,21H,2,5-8,11H2,1H3. The maximum atomic E-state index is 12.7. The maximum absolute atomic E-state index is 12.7. The van der Waals surface area contributed by atoms with Crippen LogP contribution in [0.4, 0.5) is 0 Å². The first-order valence-corrected chi connectivity index (χ1v) is 7.63. The molecule has 1 aromatic carbocycles. The summed E-state index contributed by atoms with van der Waals surface area (Å²) in [5.41, 5.74) is 0.350. The fourth-order valence-corrected chi connectivity index (χ4v) is 3.03. The van der Waals surface area contributed by atoms with Gasteiger partial charge in [0.25, 0.3) is 5.91 Å². The van der Waals surface area contributed by atoms with Crippen LogP contribution in [0.3, 0.4) is 0 Å². The Bertz CT molecular complexity index is 693. The van der Waals surface area contributed by atoms with E-state index in [4.69, 9.17) is 4.42 Å². The highest BCUT2D eigenvalue weighted by Crippen LogP contribution is 2.24. The van der Waals surface area contributed by atoms with Gasteiger partial charge in [0.15, 0.2) is 0 Å². The number of rotatable bonds is 2. The molecule has 1 fully saturated rings. The van der Waals surface area contributed by atoms with E-state index in [9.17, 15) is 15.0 Å². The second-order valence-electron chi connectivity index (χ2n) is 6.14. The minimum Gasteiger partial charge on any atom is -0.461 e. The Balaban J connectivity index is 1.79. The Labute approximate surface area is 129 Å². The van der Waals surface area contributed by atoms with Crippen LogP contribution in [0.15, 0.2) is 28.7 Å². The minimum atomic E-state index is -1.05. The van der Waals surface area contributed by atoms with Gasteiger partial charge in [-0.1, -0.05) is 0 Å². The average Bonchev–Trinajstić information content (AvgIpc) is 2.76. The molecule has 5 nitrogen and oxygen atoms in total. The van der Waals surface area contributed by atoms with Crippen molar-refractivity contribution in [2.24, 2.45) is 0 Å².